The van der Waals surface area contributed by atoms with Gasteiger partial charge in [0.1, 0.15) is 0 Å². The van der Waals surface area contributed by atoms with Crippen molar-refractivity contribution in [2.24, 2.45) is 5.73 Å². The smallest absolute Gasteiger partial charge is 0.152 e. The molecule has 1 aliphatic carbocycles. The van der Waals surface area contributed by atoms with Crippen LogP contribution < -0.4 is 5.73 Å². The predicted octanol–water partition coefficient (Wildman–Crippen LogP) is 1.03. The molecule has 0 bridgehead atoms. The molecule has 1 aliphatic rings. The van der Waals surface area contributed by atoms with Crippen molar-refractivity contribution in [3.05, 3.63) is 17.7 Å². The monoisotopic (exact) mass is 192 g/mol. The van der Waals surface area contributed by atoms with Crippen LogP contribution in [0, 0.1) is 0 Å². The Kier molecular flexibility index (Phi) is 3.03. The van der Waals surface area contributed by atoms with Gasteiger partial charge >= 0.3 is 0 Å². The number of nitrogens with two attached hydrogens (primary N) is 1. The summed E-state index contributed by atoms with van der Waals surface area (Å²) in [6.45, 7) is 0.593. The lowest BCUT2D eigenvalue weighted by atomic mass is 10.1. The first-order valence-corrected chi connectivity index (χ1v) is 5.28. The molecule has 1 heterocycles. The van der Waals surface area contributed by atoms with E-state index >= 15 is 0 Å². The van der Waals surface area contributed by atoms with Crippen LogP contribution in [0.1, 0.15) is 43.1 Å². The van der Waals surface area contributed by atoms with Crippen molar-refractivity contribution < 1.29 is 0 Å². The first-order chi connectivity index (χ1) is 6.90. The van der Waals surface area contributed by atoms with E-state index in [-0.39, 0.29) is 0 Å². The van der Waals surface area contributed by atoms with E-state index in [2.05, 4.69) is 15.2 Å². The molecule has 0 spiro atoms. The molecule has 0 unspecified atom stereocenters. The molecule has 0 saturated heterocycles. The average Bonchev–Trinajstić information content (AvgIpc) is 2.71. The highest BCUT2D eigenvalue weighted by Crippen LogP contribution is 2.32. The number of rotatable bonds is 3. The van der Waals surface area contributed by atoms with Gasteiger partial charge in [0, 0.05) is 12.3 Å². The third-order valence-corrected chi connectivity index (χ3v) is 2.76. The van der Waals surface area contributed by atoms with Crippen LogP contribution in [0.15, 0.2) is 6.20 Å². The second-order valence-corrected chi connectivity index (χ2v) is 3.82. The molecule has 2 N–H and O–H groups in total. The summed E-state index contributed by atoms with van der Waals surface area (Å²) in [7, 11) is 0. The molecule has 76 valence electrons. The van der Waals surface area contributed by atoms with Crippen molar-refractivity contribution in [2.45, 2.75) is 38.0 Å². The molecule has 1 aromatic rings. The van der Waals surface area contributed by atoms with Gasteiger partial charge in [0.2, 0.25) is 0 Å². The van der Waals surface area contributed by atoms with Crippen molar-refractivity contribution in [3.8, 4) is 0 Å². The van der Waals surface area contributed by atoms with E-state index in [1.165, 1.54) is 25.7 Å². The molecule has 1 fully saturated rings. The second kappa shape index (κ2) is 4.46. The molecule has 0 aromatic carbocycles. The Hall–Kier alpha value is -1.03. The Morgan fingerprint density at radius 3 is 2.86 bits per heavy atom. The summed E-state index contributed by atoms with van der Waals surface area (Å²) in [5.74, 6) is 1.40. The van der Waals surface area contributed by atoms with Crippen LogP contribution in [0.4, 0.5) is 0 Å². The largest absolute Gasteiger partial charge is 0.330 e. The second-order valence-electron chi connectivity index (χ2n) is 3.82. The van der Waals surface area contributed by atoms with Gasteiger partial charge in [-0.3, -0.25) is 0 Å². The molecular weight excluding hydrogens is 176 g/mol. The highest BCUT2D eigenvalue weighted by molar-refractivity contribution is 5.06. The van der Waals surface area contributed by atoms with Crippen LogP contribution in [-0.4, -0.2) is 21.7 Å². The molecular formula is C10H16N4. The van der Waals surface area contributed by atoms with E-state index in [1.54, 1.807) is 6.20 Å². The fraction of sp³-hybridized carbons (Fsp3) is 0.700. The summed E-state index contributed by atoms with van der Waals surface area (Å²) >= 11 is 0. The number of hydrogen-bond donors (Lipinski definition) is 1. The zero-order valence-electron chi connectivity index (χ0n) is 8.32. The Bertz CT molecular complexity index is 294. The predicted molar refractivity (Wildman–Crippen MR) is 53.8 cm³/mol. The van der Waals surface area contributed by atoms with Crippen LogP contribution in [0.25, 0.3) is 0 Å². The van der Waals surface area contributed by atoms with Gasteiger partial charge in [-0.25, -0.2) is 4.98 Å². The minimum absolute atomic E-state index is 0.593. The van der Waals surface area contributed by atoms with E-state index in [1.807, 2.05) is 0 Å². The highest BCUT2D eigenvalue weighted by atomic mass is 15.1. The maximum atomic E-state index is 5.46. The lowest BCUT2D eigenvalue weighted by Gasteiger charge is -2.07. The van der Waals surface area contributed by atoms with Gasteiger partial charge in [-0.05, 0) is 19.4 Å². The standard InChI is InChI=1S/C10H16N4/c11-6-5-10-13-9(7-12-14-10)8-3-1-2-4-8/h7-8H,1-6,11H2. The third kappa shape index (κ3) is 2.07. The fourth-order valence-electron chi connectivity index (χ4n) is 2.01. The van der Waals surface area contributed by atoms with E-state index < -0.39 is 0 Å². The molecule has 0 atom stereocenters. The molecule has 1 aromatic heterocycles. The summed E-state index contributed by atoms with van der Waals surface area (Å²) < 4.78 is 0. The maximum Gasteiger partial charge on any atom is 0.152 e. The topological polar surface area (TPSA) is 64.7 Å². The Labute approximate surface area is 83.9 Å². The summed E-state index contributed by atoms with van der Waals surface area (Å²) in [5.41, 5.74) is 6.57. The minimum Gasteiger partial charge on any atom is -0.330 e. The van der Waals surface area contributed by atoms with Crippen LogP contribution in [0.3, 0.4) is 0 Å². The molecule has 0 aliphatic heterocycles. The van der Waals surface area contributed by atoms with Gasteiger partial charge in [0.25, 0.3) is 0 Å². The fourth-order valence-corrected chi connectivity index (χ4v) is 2.01. The molecule has 4 heteroatoms. The summed E-state index contributed by atoms with van der Waals surface area (Å²) in [4.78, 5) is 4.49. The lowest BCUT2D eigenvalue weighted by molar-refractivity contribution is 0.664. The molecule has 1 saturated carbocycles. The zero-order valence-corrected chi connectivity index (χ0v) is 8.32. The van der Waals surface area contributed by atoms with Gasteiger partial charge in [-0.15, -0.1) is 5.10 Å². The van der Waals surface area contributed by atoms with Gasteiger partial charge in [-0.2, -0.15) is 5.10 Å². The summed E-state index contributed by atoms with van der Waals surface area (Å²) in [6, 6.07) is 0. The average molecular weight is 192 g/mol. The molecule has 0 radical (unpaired) electrons. The SMILES string of the molecule is NCCc1nncc(C2CCCC2)n1. The third-order valence-electron chi connectivity index (χ3n) is 2.76. The van der Waals surface area contributed by atoms with Crippen LogP contribution in [-0.2, 0) is 6.42 Å². The van der Waals surface area contributed by atoms with Crippen LogP contribution in [0.5, 0.6) is 0 Å². The van der Waals surface area contributed by atoms with Gasteiger partial charge in [0.15, 0.2) is 5.82 Å². The highest BCUT2D eigenvalue weighted by Gasteiger charge is 2.18. The van der Waals surface area contributed by atoms with Crippen molar-refractivity contribution in [1.82, 2.24) is 15.2 Å². The van der Waals surface area contributed by atoms with E-state index in [9.17, 15) is 0 Å². The molecule has 2 rings (SSSR count). The van der Waals surface area contributed by atoms with Crippen LogP contribution in [0.2, 0.25) is 0 Å². The van der Waals surface area contributed by atoms with Gasteiger partial charge < -0.3 is 5.73 Å². The van der Waals surface area contributed by atoms with E-state index in [0.29, 0.717) is 12.5 Å². The zero-order chi connectivity index (χ0) is 9.80. The molecule has 0 amide bonds. The van der Waals surface area contributed by atoms with Crippen molar-refractivity contribution in [1.29, 1.82) is 0 Å². The van der Waals surface area contributed by atoms with Crippen molar-refractivity contribution in [2.75, 3.05) is 6.54 Å². The minimum atomic E-state index is 0.593. The normalized spacial score (nSPS) is 17.5. The van der Waals surface area contributed by atoms with Crippen molar-refractivity contribution >= 4 is 0 Å². The lowest BCUT2D eigenvalue weighted by Crippen LogP contribution is -2.10. The first kappa shape index (κ1) is 9.52. The van der Waals surface area contributed by atoms with E-state index in [4.69, 9.17) is 5.73 Å². The van der Waals surface area contributed by atoms with Crippen molar-refractivity contribution in [3.63, 3.8) is 0 Å². The Balaban J connectivity index is 2.12. The molecule has 4 nitrogen and oxygen atoms in total. The number of nitrogens with zero attached hydrogens (tertiary/aromatic N) is 3. The van der Waals surface area contributed by atoms with E-state index in [0.717, 1.165) is 17.9 Å². The van der Waals surface area contributed by atoms with Gasteiger partial charge in [0.05, 0.1) is 11.9 Å². The first-order valence-electron chi connectivity index (χ1n) is 5.28. The Morgan fingerprint density at radius 1 is 1.36 bits per heavy atom. The van der Waals surface area contributed by atoms with Crippen LogP contribution >= 0.6 is 0 Å². The summed E-state index contributed by atoms with van der Waals surface area (Å²) in [6.07, 6.45) is 7.67. The maximum absolute atomic E-state index is 5.46. The summed E-state index contributed by atoms with van der Waals surface area (Å²) in [5, 5.41) is 7.94. The molecule has 14 heavy (non-hydrogen) atoms. The van der Waals surface area contributed by atoms with Gasteiger partial charge in [-0.1, -0.05) is 12.8 Å². The number of aromatic nitrogens is 3. The quantitative estimate of drug-likeness (QED) is 0.776. The number of hydrogen-bond acceptors (Lipinski definition) is 4. The Morgan fingerprint density at radius 2 is 2.14 bits per heavy atom.